The summed E-state index contributed by atoms with van der Waals surface area (Å²) in [4.78, 5) is 0.217. The Hall–Kier alpha value is -2.25. The molecule has 1 saturated heterocycles. The van der Waals surface area contributed by atoms with Gasteiger partial charge in [-0.2, -0.15) is 4.31 Å². The first-order chi connectivity index (χ1) is 13.0. The molecule has 0 unspecified atom stereocenters. The number of methoxy groups -OCH3 is 1. The van der Waals surface area contributed by atoms with Crippen molar-refractivity contribution in [3.05, 3.63) is 47.5 Å². The minimum absolute atomic E-state index is 0.217. The molecule has 0 radical (unpaired) electrons. The highest BCUT2D eigenvalue weighted by molar-refractivity contribution is 7.89. The summed E-state index contributed by atoms with van der Waals surface area (Å²) in [6, 6.07) is 10.7. The first-order valence-electron chi connectivity index (χ1n) is 9.07. The second-order valence-corrected chi connectivity index (χ2v) is 8.69. The number of sulfonamides is 1. The molecule has 0 saturated carbocycles. The van der Waals surface area contributed by atoms with Crippen molar-refractivity contribution in [2.24, 2.45) is 0 Å². The molecule has 1 fully saturated rings. The van der Waals surface area contributed by atoms with Crippen LogP contribution in [0.1, 0.15) is 30.0 Å². The Morgan fingerprint density at radius 3 is 2.63 bits per heavy atom. The summed E-state index contributed by atoms with van der Waals surface area (Å²) >= 11 is 0. The van der Waals surface area contributed by atoms with Gasteiger partial charge in [-0.25, -0.2) is 8.42 Å². The molecule has 0 N–H and O–H groups in total. The smallest absolute Gasteiger partial charge is 0.247 e. The van der Waals surface area contributed by atoms with E-state index in [1.165, 1.54) is 7.11 Å². The molecule has 1 atom stereocenters. The number of ether oxygens (including phenoxy) is 3. The summed E-state index contributed by atoms with van der Waals surface area (Å²) in [6.07, 6.45) is 1.58. The molecule has 2 aliphatic rings. The number of hydrogen-bond acceptors (Lipinski definition) is 5. The maximum Gasteiger partial charge on any atom is 0.247 e. The molecule has 2 heterocycles. The number of fused-ring (bicyclic) bond motifs is 1. The Morgan fingerprint density at radius 1 is 1.07 bits per heavy atom. The van der Waals surface area contributed by atoms with Crippen LogP contribution in [0, 0.1) is 6.92 Å². The first-order valence-corrected chi connectivity index (χ1v) is 10.5. The van der Waals surface area contributed by atoms with Crippen molar-refractivity contribution in [3.8, 4) is 17.2 Å². The quantitative estimate of drug-likeness (QED) is 0.803. The van der Waals surface area contributed by atoms with E-state index in [1.807, 2.05) is 31.2 Å². The summed E-state index contributed by atoms with van der Waals surface area (Å²) in [6.45, 7) is 3.40. The van der Waals surface area contributed by atoms with E-state index in [4.69, 9.17) is 14.2 Å². The summed E-state index contributed by atoms with van der Waals surface area (Å²) in [5, 5.41) is 0. The maximum atomic E-state index is 13.4. The van der Waals surface area contributed by atoms with Gasteiger partial charge in [-0.15, -0.1) is 0 Å². The molecule has 2 aromatic carbocycles. The van der Waals surface area contributed by atoms with Crippen LogP contribution in [0.5, 0.6) is 17.2 Å². The van der Waals surface area contributed by atoms with Crippen molar-refractivity contribution < 1.29 is 22.6 Å². The number of hydrogen-bond donors (Lipinski definition) is 0. The van der Waals surface area contributed by atoms with Crippen molar-refractivity contribution in [2.75, 3.05) is 26.9 Å². The zero-order chi connectivity index (χ0) is 19.0. The van der Waals surface area contributed by atoms with Crippen LogP contribution in [0.25, 0.3) is 0 Å². The normalized spacial score (nSPS) is 19.9. The molecule has 0 amide bonds. The Balaban J connectivity index is 1.72. The van der Waals surface area contributed by atoms with E-state index in [0.29, 0.717) is 37.0 Å². The number of rotatable bonds is 4. The molecule has 4 rings (SSSR count). The fraction of sp³-hybridized carbons (Fsp3) is 0.400. The van der Waals surface area contributed by atoms with E-state index in [0.717, 1.165) is 24.0 Å². The molecular formula is C20H23NO5S. The summed E-state index contributed by atoms with van der Waals surface area (Å²) in [5.41, 5.74) is 1.80. The number of benzene rings is 2. The molecule has 2 aromatic rings. The minimum atomic E-state index is -3.69. The van der Waals surface area contributed by atoms with Crippen molar-refractivity contribution in [1.29, 1.82) is 0 Å². The van der Waals surface area contributed by atoms with Crippen LogP contribution in [0.4, 0.5) is 0 Å². The number of aryl methyl sites for hydroxylation is 1. The molecule has 27 heavy (non-hydrogen) atoms. The van der Waals surface area contributed by atoms with Crippen molar-refractivity contribution in [1.82, 2.24) is 4.31 Å². The highest BCUT2D eigenvalue weighted by Crippen LogP contribution is 2.41. The Bertz CT molecular complexity index is 957. The van der Waals surface area contributed by atoms with Gasteiger partial charge in [-0.1, -0.05) is 12.1 Å². The Morgan fingerprint density at radius 2 is 1.85 bits per heavy atom. The van der Waals surface area contributed by atoms with Crippen LogP contribution in [-0.4, -0.2) is 39.6 Å². The summed E-state index contributed by atoms with van der Waals surface area (Å²) in [7, 11) is -2.19. The molecule has 0 aliphatic carbocycles. The average Bonchev–Trinajstić information content (AvgIpc) is 3.18. The fourth-order valence-corrected chi connectivity index (χ4v) is 5.66. The third-order valence-corrected chi connectivity index (χ3v) is 6.99. The predicted octanol–water partition coefficient (Wildman–Crippen LogP) is 3.30. The molecule has 6 nitrogen and oxygen atoms in total. The third kappa shape index (κ3) is 3.26. The van der Waals surface area contributed by atoms with Crippen molar-refractivity contribution in [2.45, 2.75) is 30.7 Å². The third-order valence-electron chi connectivity index (χ3n) is 5.06. The zero-order valence-electron chi connectivity index (χ0n) is 15.5. The second kappa shape index (κ2) is 7.05. The van der Waals surface area contributed by atoms with Gasteiger partial charge in [0.1, 0.15) is 23.9 Å². The Labute approximate surface area is 159 Å². The van der Waals surface area contributed by atoms with Crippen molar-refractivity contribution in [3.63, 3.8) is 0 Å². The summed E-state index contributed by atoms with van der Waals surface area (Å²) in [5.74, 6) is 1.75. The largest absolute Gasteiger partial charge is 0.495 e. The van der Waals surface area contributed by atoms with Gasteiger partial charge in [-0.05, 0) is 55.2 Å². The highest BCUT2D eigenvalue weighted by atomic mass is 32.2. The van der Waals surface area contributed by atoms with E-state index in [9.17, 15) is 8.42 Å². The molecular weight excluding hydrogens is 366 g/mol. The van der Waals surface area contributed by atoms with Gasteiger partial charge in [0, 0.05) is 6.54 Å². The maximum absolute atomic E-state index is 13.4. The van der Waals surface area contributed by atoms with E-state index >= 15 is 0 Å². The SMILES string of the molecule is COc1ccc(C)cc1S(=O)(=O)N1CCC[C@@H]1c1ccc2c(c1)OCCO2. The predicted molar refractivity (Wildman–Crippen MR) is 101 cm³/mol. The van der Waals surface area contributed by atoms with Crippen LogP contribution in [0.15, 0.2) is 41.3 Å². The molecule has 144 valence electrons. The Kier molecular flexibility index (Phi) is 4.74. The van der Waals surface area contributed by atoms with Crippen LogP contribution >= 0.6 is 0 Å². The zero-order valence-corrected chi connectivity index (χ0v) is 16.3. The van der Waals surface area contributed by atoms with E-state index in [1.54, 1.807) is 16.4 Å². The minimum Gasteiger partial charge on any atom is -0.495 e. The van der Waals surface area contributed by atoms with Crippen LogP contribution in [-0.2, 0) is 10.0 Å². The lowest BCUT2D eigenvalue weighted by atomic mass is 10.0. The van der Waals surface area contributed by atoms with E-state index in [-0.39, 0.29) is 10.9 Å². The lowest BCUT2D eigenvalue weighted by Gasteiger charge is -2.27. The van der Waals surface area contributed by atoms with Crippen molar-refractivity contribution >= 4 is 10.0 Å². The molecule has 2 aliphatic heterocycles. The van der Waals surface area contributed by atoms with Gasteiger partial charge in [0.25, 0.3) is 0 Å². The summed E-state index contributed by atoms with van der Waals surface area (Å²) < 4.78 is 45.0. The highest BCUT2D eigenvalue weighted by Gasteiger charge is 2.38. The lowest BCUT2D eigenvalue weighted by Crippen LogP contribution is -2.31. The molecule has 0 aromatic heterocycles. The average molecular weight is 389 g/mol. The molecule has 0 spiro atoms. The van der Waals surface area contributed by atoms with Gasteiger partial charge in [0.15, 0.2) is 11.5 Å². The van der Waals surface area contributed by atoms with Gasteiger partial charge >= 0.3 is 0 Å². The van der Waals surface area contributed by atoms with Gasteiger partial charge in [0.2, 0.25) is 10.0 Å². The fourth-order valence-electron chi connectivity index (χ4n) is 3.74. The monoisotopic (exact) mass is 389 g/mol. The van der Waals surface area contributed by atoms with Gasteiger partial charge < -0.3 is 14.2 Å². The van der Waals surface area contributed by atoms with E-state index in [2.05, 4.69) is 0 Å². The lowest BCUT2D eigenvalue weighted by molar-refractivity contribution is 0.171. The van der Waals surface area contributed by atoms with Gasteiger partial charge in [-0.3, -0.25) is 0 Å². The van der Waals surface area contributed by atoms with Crippen LogP contribution in [0.3, 0.4) is 0 Å². The second-order valence-electron chi connectivity index (χ2n) is 6.83. The van der Waals surface area contributed by atoms with Crippen LogP contribution in [0.2, 0.25) is 0 Å². The molecule has 7 heteroatoms. The first kappa shape index (κ1) is 18.1. The topological polar surface area (TPSA) is 65.1 Å². The number of nitrogens with zero attached hydrogens (tertiary/aromatic N) is 1. The van der Waals surface area contributed by atoms with Crippen LogP contribution < -0.4 is 14.2 Å². The van der Waals surface area contributed by atoms with E-state index < -0.39 is 10.0 Å². The molecule has 0 bridgehead atoms. The standard InChI is InChI=1S/C20H23NO5S/c1-14-5-7-18(24-2)20(12-14)27(22,23)21-9-3-4-16(21)15-6-8-17-19(13-15)26-11-10-25-17/h5-8,12-13,16H,3-4,9-11H2,1-2H3/t16-/m1/s1. The van der Waals surface area contributed by atoms with Gasteiger partial charge in [0.05, 0.1) is 13.2 Å².